The van der Waals surface area contributed by atoms with Crippen molar-refractivity contribution in [3.8, 4) is 0 Å². The summed E-state index contributed by atoms with van der Waals surface area (Å²) in [5.41, 5.74) is 0.487. The van der Waals surface area contributed by atoms with Crippen molar-refractivity contribution in [3.63, 3.8) is 0 Å². The molecule has 0 radical (unpaired) electrons. The molecule has 0 aliphatic rings. The Morgan fingerprint density at radius 3 is 2.68 bits per heavy atom. The van der Waals surface area contributed by atoms with Gasteiger partial charge in [0.1, 0.15) is 11.6 Å². The summed E-state index contributed by atoms with van der Waals surface area (Å²) in [5, 5.41) is 3.22. The van der Waals surface area contributed by atoms with Crippen LogP contribution in [0.2, 0.25) is 0 Å². The molecule has 108 valence electrons. The van der Waals surface area contributed by atoms with Gasteiger partial charge < -0.3 is 15.0 Å². The second kappa shape index (κ2) is 8.19. The molecule has 1 aromatic rings. The van der Waals surface area contributed by atoms with Crippen LogP contribution >= 0.6 is 0 Å². The number of hydrogen-bond acceptors (Lipinski definition) is 3. The van der Waals surface area contributed by atoms with Crippen molar-refractivity contribution >= 4 is 0 Å². The summed E-state index contributed by atoms with van der Waals surface area (Å²) >= 11 is 0. The number of methoxy groups -OCH3 is 1. The van der Waals surface area contributed by atoms with Crippen LogP contribution in [-0.2, 0) is 4.74 Å². The molecule has 0 heterocycles. The van der Waals surface area contributed by atoms with Gasteiger partial charge in [0, 0.05) is 44.4 Å². The normalized spacial score (nSPS) is 12.9. The molecule has 0 amide bonds. The molecule has 1 N–H and O–H groups in total. The van der Waals surface area contributed by atoms with Gasteiger partial charge in [-0.25, -0.2) is 8.78 Å². The Hall–Kier alpha value is -1.04. The molecular weight excluding hydrogens is 250 g/mol. The third-order valence-corrected chi connectivity index (χ3v) is 3.05. The van der Waals surface area contributed by atoms with Crippen LogP contribution in [0.15, 0.2) is 18.2 Å². The van der Waals surface area contributed by atoms with Crippen molar-refractivity contribution in [2.24, 2.45) is 0 Å². The first-order chi connectivity index (χ1) is 9.04. The average Bonchev–Trinajstić information content (AvgIpc) is 2.36. The molecule has 1 atom stereocenters. The Morgan fingerprint density at radius 1 is 1.32 bits per heavy atom. The minimum atomic E-state index is -0.548. The van der Waals surface area contributed by atoms with E-state index in [1.807, 2.05) is 14.0 Å². The third-order valence-electron chi connectivity index (χ3n) is 3.05. The molecule has 19 heavy (non-hydrogen) atoms. The monoisotopic (exact) mass is 272 g/mol. The Labute approximate surface area is 113 Å². The quantitative estimate of drug-likeness (QED) is 0.785. The van der Waals surface area contributed by atoms with Gasteiger partial charge in [-0.2, -0.15) is 0 Å². The number of nitrogens with one attached hydrogen (secondary N) is 1. The molecule has 3 nitrogen and oxygen atoms in total. The number of rotatable bonds is 8. The summed E-state index contributed by atoms with van der Waals surface area (Å²) < 4.78 is 31.3. The summed E-state index contributed by atoms with van der Waals surface area (Å²) in [4.78, 5) is 2.13. The van der Waals surface area contributed by atoms with E-state index < -0.39 is 11.6 Å². The van der Waals surface area contributed by atoms with Crippen LogP contribution in [-0.4, -0.2) is 45.3 Å². The zero-order valence-electron chi connectivity index (χ0n) is 11.7. The molecule has 5 heteroatoms. The lowest BCUT2D eigenvalue weighted by Crippen LogP contribution is -2.32. The lowest BCUT2D eigenvalue weighted by atomic mass is 10.1. The highest BCUT2D eigenvalue weighted by molar-refractivity contribution is 5.21. The van der Waals surface area contributed by atoms with E-state index in [4.69, 9.17) is 4.74 Å². The highest BCUT2D eigenvalue weighted by Crippen LogP contribution is 2.17. The molecule has 0 aromatic heterocycles. The van der Waals surface area contributed by atoms with Crippen molar-refractivity contribution in [2.75, 3.05) is 40.4 Å². The lowest BCUT2D eigenvalue weighted by molar-refractivity contribution is 0.161. The predicted molar refractivity (Wildman–Crippen MR) is 72.1 cm³/mol. The van der Waals surface area contributed by atoms with Crippen molar-refractivity contribution in [1.29, 1.82) is 0 Å². The first-order valence-electron chi connectivity index (χ1n) is 6.40. The summed E-state index contributed by atoms with van der Waals surface area (Å²) in [6.45, 7) is 5.00. The van der Waals surface area contributed by atoms with Gasteiger partial charge in [-0.3, -0.25) is 0 Å². The van der Waals surface area contributed by atoms with E-state index in [-0.39, 0.29) is 6.04 Å². The smallest absolute Gasteiger partial charge is 0.130 e. The minimum Gasteiger partial charge on any atom is -0.383 e. The number of hydrogen-bond donors (Lipinski definition) is 1. The second-order valence-electron chi connectivity index (χ2n) is 4.64. The van der Waals surface area contributed by atoms with Crippen LogP contribution in [0.4, 0.5) is 8.78 Å². The SMILES string of the molecule is COCCN(C)CCNC(C)c1ccc(F)cc1F. The Morgan fingerprint density at radius 2 is 2.05 bits per heavy atom. The Bertz CT molecular complexity index is 388. The van der Waals surface area contributed by atoms with Gasteiger partial charge in [-0.15, -0.1) is 0 Å². The zero-order chi connectivity index (χ0) is 14.3. The van der Waals surface area contributed by atoms with Gasteiger partial charge in [0.25, 0.3) is 0 Å². The van der Waals surface area contributed by atoms with E-state index in [9.17, 15) is 8.78 Å². The molecule has 0 aliphatic heterocycles. The van der Waals surface area contributed by atoms with Crippen molar-refractivity contribution in [1.82, 2.24) is 10.2 Å². The fourth-order valence-electron chi connectivity index (χ4n) is 1.79. The maximum absolute atomic E-state index is 13.5. The second-order valence-corrected chi connectivity index (χ2v) is 4.64. The number of ether oxygens (including phenoxy) is 1. The van der Waals surface area contributed by atoms with Crippen LogP contribution in [0.1, 0.15) is 18.5 Å². The first-order valence-corrected chi connectivity index (χ1v) is 6.40. The highest BCUT2D eigenvalue weighted by Gasteiger charge is 2.11. The third kappa shape index (κ3) is 5.63. The van der Waals surface area contributed by atoms with Crippen LogP contribution in [0.5, 0.6) is 0 Å². The van der Waals surface area contributed by atoms with Crippen molar-refractivity contribution in [2.45, 2.75) is 13.0 Å². The number of benzene rings is 1. The molecular formula is C14H22F2N2O. The molecule has 0 saturated heterocycles. The van der Waals surface area contributed by atoms with Crippen molar-refractivity contribution < 1.29 is 13.5 Å². The Balaban J connectivity index is 2.36. The lowest BCUT2D eigenvalue weighted by Gasteiger charge is -2.19. The number of nitrogens with zero attached hydrogens (tertiary/aromatic N) is 1. The van der Waals surface area contributed by atoms with Crippen molar-refractivity contribution in [3.05, 3.63) is 35.4 Å². The Kier molecular flexibility index (Phi) is 6.91. The maximum atomic E-state index is 13.5. The maximum Gasteiger partial charge on any atom is 0.130 e. The minimum absolute atomic E-state index is 0.142. The highest BCUT2D eigenvalue weighted by atomic mass is 19.1. The van der Waals surface area contributed by atoms with Crippen LogP contribution in [0.3, 0.4) is 0 Å². The van der Waals surface area contributed by atoms with Crippen LogP contribution in [0, 0.1) is 11.6 Å². The van der Waals surface area contributed by atoms with E-state index in [0.717, 1.165) is 25.7 Å². The topological polar surface area (TPSA) is 24.5 Å². The summed E-state index contributed by atoms with van der Waals surface area (Å²) in [6.07, 6.45) is 0. The first kappa shape index (κ1) is 16.0. The van der Waals surface area contributed by atoms with Gasteiger partial charge in [-0.05, 0) is 20.0 Å². The standard InChI is InChI=1S/C14H22F2N2O/c1-11(13-5-4-12(15)10-14(13)16)17-6-7-18(2)8-9-19-3/h4-5,10-11,17H,6-9H2,1-3H3. The molecule has 1 unspecified atom stereocenters. The fraction of sp³-hybridized carbons (Fsp3) is 0.571. The number of likely N-dealkylation sites (N-methyl/N-ethyl adjacent to an activating group) is 1. The number of halogens is 2. The molecule has 0 bridgehead atoms. The predicted octanol–water partition coefficient (Wildman–Crippen LogP) is 2.19. The molecule has 1 rings (SSSR count). The molecule has 0 spiro atoms. The van der Waals surface area contributed by atoms with Gasteiger partial charge in [0.2, 0.25) is 0 Å². The summed E-state index contributed by atoms with van der Waals surface area (Å²) in [6, 6.07) is 3.53. The van der Waals surface area contributed by atoms with Gasteiger partial charge in [-0.1, -0.05) is 6.07 Å². The van der Waals surface area contributed by atoms with Gasteiger partial charge in [0.15, 0.2) is 0 Å². The molecule has 0 saturated carbocycles. The van der Waals surface area contributed by atoms with Gasteiger partial charge >= 0.3 is 0 Å². The largest absolute Gasteiger partial charge is 0.383 e. The molecule has 1 aromatic carbocycles. The van der Waals surface area contributed by atoms with Gasteiger partial charge in [0.05, 0.1) is 6.61 Å². The van der Waals surface area contributed by atoms with E-state index in [2.05, 4.69) is 10.2 Å². The summed E-state index contributed by atoms with van der Waals surface area (Å²) in [7, 11) is 3.68. The summed E-state index contributed by atoms with van der Waals surface area (Å²) in [5.74, 6) is -1.06. The fourth-order valence-corrected chi connectivity index (χ4v) is 1.79. The van der Waals surface area contributed by atoms with E-state index in [1.54, 1.807) is 7.11 Å². The zero-order valence-corrected chi connectivity index (χ0v) is 11.7. The van der Waals surface area contributed by atoms with Crippen LogP contribution < -0.4 is 5.32 Å². The molecule has 0 aliphatic carbocycles. The van der Waals surface area contributed by atoms with E-state index in [0.29, 0.717) is 12.2 Å². The average molecular weight is 272 g/mol. The van der Waals surface area contributed by atoms with E-state index in [1.165, 1.54) is 12.1 Å². The molecule has 0 fully saturated rings. The van der Waals surface area contributed by atoms with E-state index >= 15 is 0 Å². The van der Waals surface area contributed by atoms with Crippen LogP contribution in [0.25, 0.3) is 0 Å².